The number of oxime groups is 1. The lowest BCUT2D eigenvalue weighted by Crippen LogP contribution is -2.08. The Kier molecular flexibility index (Phi) is 6.85. The van der Waals surface area contributed by atoms with E-state index in [9.17, 15) is 4.79 Å². The van der Waals surface area contributed by atoms with E-state index >= 15 is 0 Å². The van der Waals surface area contributed by atoms with Gasteiger partial charge in [-0.05, 0) is 49.6 Å². The third-order valence-electron chi connectivity index (χ3n) is 4.73. The van der Waals surface area contributed by atoms with Gasteiger partial charge in [-0.1, -0.05) is 40.6 Å². The number of hydrogen-bond acceptors (Lipinski definition) is 6. The molecule has 0 fully saturated rings. The predicted octanol–water partition coefficient (Wildman–Crippen LogP) is 4.32. The molecule has 0 bridgehead atoms. The lowest BCUT2D eigenvalue weighted by molar-refractivity contribution is -0.136. The maximum Gasteiger partial charge on any atom is 0.303 e. The molecule has 0 aliphatic rings. The van der Waals surface area contributed by atoms with Gasteiger partial charge >= 0.3 is 5.97 Å². The van der Waals surface area contributed by atoms with Crippen LogP contribution in [0.5, 0.6) is 0 Å². The second kappa shape index (κ2) is 9.73. The van der Waals surface area contributed by atoms with E-state index in [0.717, 1.165) is 33.6 Å². The predicted molar refractivity (Wildman–Crippen MR) is 115 cm³/mol. The molecule has 0 amide bonds. The van der Waals surface area contributed by atoms with E-state index in [0.29, 0.717) is 24.4 Å². The summed E-state index contributed by atoms with van der Waals surface area (Å²) >= 11 is 0. The Morgan fingerprint density at radius 1 is 1.17 bits per heavy atom. The molecule has 0 aliphatic heterocycles. The fourth-order valence-electron chi connectivity index (χ4n) is 3.23. The fraction of sp³-hybridized carbons (Fsp3) is 0.261. The monoisotopic (exact) mass is 407 g/mol. The van der Waals surface area contributed by atoms with Gasteiger partial charge in [-0.15, -0.1) is 0 Å². The van der Waals surface area contributed by atoms with Crippen molar-refractivity contribution in [2.45, 2.75) is 33.2 Å². The first-order chi connectivity index (χ1) is 14.5. The summed E-state index contributed by atoms with van der Waals surface area (Å²) in [5.74, 6) is -0.0973. The molecule has 0 unspecified atom stereocenters. The molecule has 0 atom stereocenters. The van der Waals surface area contributed by atoms with Gasteiger partial charge in [0.15, 0.2) is 0 Å². The van der Waals surface area contributed by atoms with Crippen LogP contribution in [0.15, 0.2) is 58.2 Å². The quantitative estimate of drug-likeness (QED) is 0.405. The SMILES string of the molecule is CON=C(c1cccc(CNc2ccc(CCC(=O)O)cc2)c1)c1c(C)noc1C. The molecule has 7 nitrogen and oxygen atoms in total. The first kappa shape index (κ1) is 21.1. The van der Waals surface area contributed by atoms with Gasteiger partial charge in [0, 0.05) is 24.2 Å². The van der Waals surface area contributed by atoms with Crippen LogP contribution in [0.1, 0.15) is 40.1 Å². The van der Waals surface area contributed by atoms with Crippen molar-refractivity contribution in [3.63, 3.8) is 0 Å². The number of hydrogen-bond donors (Lipinski definition) is 2. The minimum Gasteiger partial charge on any atom is -0.481 e. The maximum atomic E-state index is 10.7. The Morgan fingerprint density at radius 2 is 1.93 bits per heavy atom. The normalized spacial score (nSPS) is 11.4. The number of carbonyl (C=O) groups is 1. The molecule has 0 saturated heterocycles. The van der Waals surface area contributed by atoms with Gasteiger partial charge < -0.3 is 19.8 Å². The minimum absolute atomic E-state index is 0.135. The molecule has 2 N–H and O–H groups in total. The van der Waals surface area contributed by atoms with E-state index in [1.165, 1.54) is 7.11 Å². The highest BCUT2D eigenvalue weighted by Crippen LogP contribution is 2.20. The van der Waals surface area contributed by atoms with Gasteiger partial charge in [-0.25, -0.2) is 0 Å². The second-order valence-corrected chi connectivity index (χ2v) is 6.97. The number of nitrogens with one attached hydrogen (secondary N) is 1. The molecule has 1 heterocycles. The molecule has 1 aromatic heterocycles. The number of anilines is 1. The van der Waals surface area contributed by atoms with Gasteiger partial charge in [0.2, 0.25) is 0 Å². The van der Waals surface area contributed by atoms with Crippen LogP contribution in [0.4, 0.5) is 5.69 Å². The smallest absolute Gasteiger partial charge is 0.303 e. The molecule has 0 aliphatic carbocycles. The second-order valence-electron chi connectivity index (χ2n) is 6.97. The van der Waals surface area contributed by atoms with Crippen molar-refractivity contribution in [3.8, 4) is 0 Å². The van der Waals surface area contributed by atoms with E-state index in [1.54, 1.807) is 0 Å². The first-order valence-corrected chi connectivity index (χ1v) is 9.66. The number of aryl methyl sites for hydroxylation is 3. The minimum atomic E-state index is -0.787. The molecule has 0 spiro atoms. The summed E-state index contributed by atoms with van der Waals surface area (Å²) in [7, 11) is 1.52. The molecule has 3 aromatic rings. The van der Waals surface area contributed by atoms with Gasteiger partial charge in [-0.3, -0.25) is 4.79 Å². The number of aromatic nitrogens is 1. The number of aliphatic carboxylic acids is 1. The van der Waals surface area contributed by atoms with Crippen LogP contribution in [0.3, 0.4) is 0 Å². The Balaban J connectivity index is 1.72. The third kappa shape index (κ3) is 5.26. The molecule has 2 aromatic carbocycles. The number of carboxylic acid groups (broad SMARTS) is 1. The van der Waals surface area contributed by atoms with Crippen molar-refractivity contribution in [1.29, 1.82) is 0 Å². The van der Waals surface area contributed by atoms with Crippen LogP contribution in [0.2, 0.25) is 0 Å². The van der Waals surface area contributed by atoms with E-state index in [2.05, 4.69) is 21.7 Å². The largest absolute Gasteiger partial charge is 0.481 e. The molecule has 30 heavy (non-hydrogen) atoms. The number of rotatable bonds is 9. The summed E-state index contributed by atoms with van der Waals surface area (Å²) in [5.41, 5.74) is 6.24. The summed E-state index contributed by atoms with van der Waals surface area (Å²) in [5, 5.41) is 20.4. The highest BCUT2D eigenvalue weighted by atomic mass is 16.6. The highest BCUT2D eigenvalue weighted by Gasteiger charge is 2.18. The van der Waals surface area contributed by atoms with Crippen molar-refractivity contribution < 1.29 is 19.3 Å². The van der Waals surface area contributed by atoms with Crippen LogP contribution in [0.25, 0.3) is 0 Å². The topological polar surface area (TPSA) is 97.0 Å². The molecule has 0 saturated carbocycles. The Bertz CT molecular complexity index is 1020. The average molecular weight is 407 g/mol. The number of benzene rings is 2. The lowest BCUT2D eigenvalue weighted by Gasteiger charge is -2.10. The fourth-order valence-corrected chi connectivity index (χ4v) is 3.23. The third-order valence-corrected chi connectivity index (χ3v) is 4.73. The first-order valence-electron chi connectivity index (χ1n) is 9.66. The Morgan fingerprint density at radius 3 is 2.57 bits per heavy atom. The molecule has 7 heteroatoms. The summed E-state index contributed by atoms with van der Waals surface area (Å²) < 4.78 is 5.29. The average Bonchev–Trinajstić information content (AvgIpc) is 3.08. The molecule has 0 radical (unpaired) electrons. The van der Waals surface area contributed by atoms with Crippen molar-refractivity contribution >= 4 is 17.4 Å². The van der Waals surface area contributed by atoms with Gasteiger partial charge in [-0.2, -0.15) is 0 Å². The standard InChI is InChI=1S/C23H25N3O4/c1-15-22(16(2)30-25-15)23(26-29-3)19-6-4-5-18(13-19)14-24-20-10-7-17(8-11-20)9-12-21(27)28/h4-8,10-11,13,24H,9,12,14H2,1-3H3,(H,27,28). The molecule has 3 rings (SSSR count). The van der Waals surface area contributed by atoms with Gasteiger partial charge in [0.25, 0.3) is 0 Å². The van der Waals surface area contributed by atoms with Crippen molar-refractivity contribution in [3.05, 3.63) is 82.2 Å². The Hall–Kier alpha value is -3.61. The summed E-state index contributed by atoms with van der Waals surface area (Å²) in [4.78, 5) is 15.8. The van der Waals surface area contributed by atoms with E-state index in [4.69, 9.17) is 14.5 Å². The zero-order chi connectivity index (χ0) is 21.5. The highest BCUT2D eigenvalue weighted by molar-refractivity contribution is 6.13. The van der Waals surface area contributed by atoms with Crippen LogP contribution < -0.4 is 5.32 Å². The zero-order valence-electron chi connectivity index (χ0n) is 17.3. The molecular weight excluding hydrogens is 382 g/mol. The number of nitrogens with zero attached hydrogens (tertiary/aromatic N) is 2. The van der Waals surface area contributed by atoms with Crippen LogP contribution in [0, 0.1) is 13.8 Å². The van der Waals surface area contributed by atoms with E-state index in [1.807, 2.05) is 56.3 Å². The van der Waals surface area contributed by atoms with Crippen molar-refractivity contribution in [2.75, 3.05) is 12.4 Å². The zero-order valence-corrected chi connectivity index (χ0v) is 17.3. The summed E-state index contributed by atoms with van der Waals surface area (Å²) in [6.45, 7) is 4.36. The van der Waals surface area contributed by atoms with Crippen LogP contribution in [-0.4, -0.2) is 29.1 Å². The van der Waals surface area contributed by atoms with E-state index in [-0.39, 0.29) is 6.42 Å². The van der Waals surface area contributed by atoms with Crippen molar-refractivity contribution in [1.82, 2.24) is 5.16 Å². The molecular formula is C23H25N3O4. The van der Waals surface area contributed by atoms with Gasteiger partial charge in [0.05, 0.1) is 11.3 Å². The number of carboxylic acids is 1. The maximum absolute atomic E-state index is 10.7. The van der Waals surface area contributed by atoms with E-state index < -0.39 is 5.97 Å². The lowest BCUT2D eigenvalue weighted by atomic mass is 9.99. The molecule has 156 valence electrons. The van der Waals surface area contributed by atoms with Crippen molar-refractivity contribution in [2.24, 2.45) is 5.16 Å². The Labute approximate surface area is 175 Å². The van der Waals surface area contributed by atoms with Crippen LogP contribution >= 0.6 is 0 Å². The van der Waals surface area contributed by atoms with Gasteiger partial charge in [0.1, 0.15) is 18.6 Å². The van der Waals surface area contributed by atoms with Crippen LogP contribution in [-0.2, 0) is 22.6 Å². The summed E-state index contributed by atoms with van der Waals surface area (Å²) in [6, 6.07) is 15.9. The summed E-state index contributed by atoms with van der Waals surface area (Å²) in [6.07, 6.45) is 0.664.